The molecule has 2 atom stereocenters. The third kappa shape index (κ3) is 3.89. The normalized spacial score (nSPS) is 22.5. The van der Waals surface area contributed by atoms with Crippen molar-refractivity contribution < 1.29 is 14.7 Å². The average Bonchev–Trinajstić information content (AvgIpc) is 2.86. The van der Waals surface area contributed by atoms with Gasteiger partial charge in [0.05, 0.1) is 12.1 Å². The van der Waals surface area contributed by atoms with Crippen LogP contribution in [-0.4, -0.2) is 47.7 Å². The lowest BCUT2D eigenvalue weighted by Crippen LogP contribution is -2.43. The van der Waals surface area contributed by atoms with Crippen molar-refractivity contribution in [3.05, 3.63) is 0 Å². The van der Waals surface area contributed by atoms with Gasteiger partial charge in [0.1, 0.15) is 0 Å². The molecule has 1 heterocycles. The molecule has 1 aliphatic rings. The van der Waals surface area contributed by atoms with Crippen molar-refractivity contribution in [3.63, 3.8) is 0 Å². The molecule has 2 unspecified atom stereocenters. The number of hydrogen-bond acceptors (Lipinski definition) is 4. The van der Waals surface area contributed by atoms with Gasteiger partial charge in [-0.05, 0) is 26.2 Å². The topological polar surface area (TPSA) is 88.2 Å². The van der Waals surface area contributed by atoms with Crippen LogP contribution in [0.2, 0.25) is 0 Å². The highest BCUT2D eigenvalue weighted by Crippen LogP contribution is 2.17. The van der Waals surface area contributed by atoms with Crippen LogP contribution in [0.3, 0.4) is 0 Å². The largest absolute Gasteiger partial charge is 0.409 e. The zero-order valence-electron chi connectivity index (χ0n) is 10.4. The Hall–Kier alpha value is -1.30. The van der Waals surface area contributed by atoms with Crippen LogP contribution in [0.4, 0.5) is 0 Å². The molecular formula is C11H21N3O3. The van der Waals surface area contributed by atoms with E-state index in [0.717, 1.165) is 25.9 Å². The van der Waals surface area contributed by atoms with E-state index in [-0.39, 0.29) is 17.8 Å². The van der Waals surface area contributed by atoms with Crippen LogP contribution in [0.1, 0.15) is 32.6 Å². The lowest BCUT2D eigenvalue weighted by molar-refractivity contribution is -0.131. The molecule has 0 aliphatic carbocycles. The number of carbonyl (C=O) groups is 1. The van der Waals surface area contributed by atoms with Gasteiger partial charge in [-0.25, -0.2) is 0 Å². The van der Waals surface area contributed by atoms with Gasteiger partial charge in [0, 0.05) is 20.1 Å². The Morgan fingerprint density at radius 2 is 2.41 bits per heavy atom. The van der Waals surface area contributed by atoms with Gasteiger partial charge in [-0.3, -0.25) is 4.79 Å². The van der Waals surface area contributed by atoms with Gasteiger partial charge < -0.3 is 20.6 Å². The molecule has 0 spiro atoms. The lowest BCUT2D eigenvalue weighted by atomic mass is 10.1. The first-order valence-corrected chi connectivity index (χ1v) is 5.91. The number of hydrogen-bond donors (Lipinski definition) is 2. The summed E-state index contributed by atoms with van der Waals surface area (Å²) in [6, 6.07) is -0.392. The van der Waals surface area contributed by atoms with Gasteiger partial charge in [-0.1, -0.05) is 5.16 Å². The second-order valence-electron chi connectivity index (χ2n) is 4.38. The Morgan fingerprint density at radius 1 is 1.71 bits per heavy atom. The van der Waals surface area contributed by atoms with Crippen LogP contribution in [-0.2, 0) is 9.53 Å². The van der Waals surface area contributed by atoms with Gasteiger partial charge in [0.2, 0.25) is 5.91 Å². The zero-order valence-corrected chi connectivity index (χ0v) is 10.4. The number of rotatable bonds is 5. The molecule has 1 fully saturated rings. The number of likely N-dealkylation sites (N-methyl/N-ethyl adjacent to an activating group) is 1. The SMILES string of the molecule is CC(C(N)=NO)N(C)C(=O)CCC1CCCO1. The average molecular weight is 243 g/mol. The van der Waals surface area contributed by atoms with Crippen LogP contribution in [0.15, 0.2) is 5.16 Å². The highest BCUT2D eigenvalue weighted by molar-refractivity contribution is 5.89. The fourth-order valence-electron chi connectivity index (χ4n) is 1.83. The molecule has 1 amide bonds. The van der Waals surface area contributed by atoms with E-state index < -0.39 is 6.04 Å². The molecule has 1 rings (SSSR count). The first-order chi connectivity index (χ1) is 8.06. The van der Waals surface area contributed by atoms with E-state index in [9.17, 15) is 4.79 Å². The molecular weight excluding hydrogens is 222 g/mol. The van der Waals surface area contributed by atoms with E-state index >= 15 is 0 Å². The zero-order chi connectivity index (χ0) is 12.8. The maximum Gasteiger partial charge on any atom is 0.223 e. The fourth-order valence-corrected chi connectivity index (χ4v) is 1.83. The van der Waals surface area contributed by atoms with E-state index in [1.165, 1.54) is 4.90 Å². The van der Waals surface area contributed by atoms with Crippen LogP contribution in [0.5, 0.6) is 0 Å². The van der Waals surface area contributed by atoms with E-state index in [2.05, 4.69) is 5.16 Å². The predicted molar refractivity (Wildman–Crippen MR) is 63.8 cm³/mol. The predicted octanol–water partition coefficient (Wildman–Crippen LogP) is 0.539. The summed E-state index contributed by atoms with van der Waals surface area (Å²) >= 11 is 0. The Balaban J connectivity index is 2.35. The Bertz CT molecular complexity index is 288. The fraction of sp³-hybridized carbons (Fsp3) is 0.818. The molecule has 98 valence electrons. The third-order valence-electron chi connectivity index (χ3n) is 3.22. The molecule has 0 aromatic rings. The summed E-state index contributed by atoms with van der Waals surface area (Å²) in [5, 5.41) is 11.4. The van der Waals surface area contributed by atoms with Crippen LogP contribution in [0.25, 0.3) is 0 Å². The Morgan fingerprint density at radius 3 is 2.94 bits per heavy atom. The molecule has 1 aliphatic heterocycles. The first-order valence-electron chi connectivity index (χ1n) is 5.91. The van der Waals surface area contributed by atoms with Gasteiger partial charge >= 0.3 is 0 Å². The van der Waals surface area contributed by atoms with Crippen molar-refractivity contribution in [2.45, 2.75) is 44.8 Å². The van der Waals surface area contributed by atoms with E-state index in [1.54, 1.807) is 14.0 Å². The summed E-state index contributed by atoms with van der Waals surface area (Å²) in [7, 11) is 1.65. The third-order valence-corrected chi connectivity index (χ3v) is 3.22. The number of carbonyl (C=O) groups excluding carboxylic acids is 1. The monoisotopic (exact) mass is 243 g/mol. The number of oxime groups is 1. The van der Waals surface area contributed by atoms with Crippen LogP contribution < -0.4 is 5.73 Å². The van der Waals surface area contributed by atoms with E-state index in [0.29, 0.717) is 6.42 Å². The van der Waals surface area contributed by atoms with E-state index in [4.69, 9.17) is 15.7 Å². The second kappa shape index (κ2) is 6.44. The van der Waals surface area contributed by atoms with Gasteiger partial charge in [-0.15, -0.1) is 0 Å². The van der Waals surface area contributed by atoms with Gasteiger partial charge in [0.15, 0.2) is 5.84 Å². The molecule has 0 saturated carbocycles. The molecule has 0 aromatic carbocycles. The Labute approximate surface area is 101 Å². The van der Waals surface area contributed by atoms with Crippen molar-refractivity contribution in [2.24, 2.45) is 10.9 Å². The molecule has 6 heteroatoms. The maximum absolute atomic E-state index is 11.8. The molecule has 17 heavy (non-hydrogen) atoms. The minimum absolute atomic E-state index is 0.0143. The quantitative estimate of drug-likeness (QED) is 0.319. The van der Waals surface area contributed by atoms with E-state index in [1.807, 2.05) is 0 Å². The second-order valence-corrected chi connectivity index (χ2v) is 4.38. The molecule has 0 aromatic heterocycles. The highest BCUT2D eigenvalue weighted by Gasteiger charge is 2.22. The molecule has 1 saturated heterocycles. The van der Waals surface area contributed by atoms with Crippen molar-refractivity contribution in [1.82, 2.24) is 4.90 Å². The first kappa shape index (κ1) is 13.8. The van der Waals surface area contributed by atoms with Crippen molar-refractivity contribution in [1.29, 1.82) is 0 Å². The number of ether oxygens (including phenoxy) is 1. The standard InChI is InChI=1S/C11H21N3O3/c1-8(11(12)13-16)14(2)10(15)6-5-9-4-3-7-17-9/h8-9,16H,3-7H2,1-2H3,(H2,12,13). The Kier molecular flexibility index (Phi) is 5.21. The maximum atomic E-state index is 11.8. The molecule has 0 radical (unpaired) electrons. The summed E-state index contributed by atoms with van der Waals surface area (Å²) in [5.41, 5.74) is 5.45. The van der Waals surface area contributed by atoms with Crippen molar-refractivity contribution >= 4 is 11.7 Å². The summed E-state index contributed by atoms with van der Waals surface area (Å²) in [6.07, 6.45) is 3.50. The molecule has 0 bridgehead atoms. The van der Waals surface area contributed by atoms with Crippen LogP contribution in [0, 0.1) is 0 Å². The minimum Gasteiger partial charge on any atom is -0.409 e. The summed E-state index contributed by atoms with van der Waals surface area (Å²) in [5.74, 6) is 0.0255. The summed E-state index contributed by atoms with van der Waals surface area (Å²) in [4.78, 5) is 13.3. The van der Waals surface area contributed by atoms with Gasteiger partial charge in [0.25, 0.3) is 0 Å². The molecule has 3 N–H and O–H groups in total. The van der Waals surface area contributed by atoms with Gasteiger partial charge in [-0.2, -0.15) is 0 Å². The number of nitrogens with zero attached hydrogens (tertiary/aromatic N) is 2. The number of amidine groups is 1. The number of amides is 1. The minimum atomic E-state index is -0.392. The summed E-state index contributed by atoms with van der Waals surface area (Å²) < 4.78 is 5.45. The smallest absolute Gasteiger partial charge is 0.223 e. The van der Waals surface area contributed by atoms with Crippen LogP contribution >= 0.6 is 0 Å². The highest BCUT2D eigenvalue weighted by atomic mass is 16.5. The van der Waals surface area contributed by atoms with Crippen molar-refractivity contribution in [2.75, 3.05) is 13.7 Å². The van der Waals surface area contributed by atoms with Crippen molar-refractivity contribution in [3.8, 4) is 0 Å². The summed E-state index contributed by atoms with van der Waals surface area (Å²) in [6.45, 7) is 2.52. The molecule has 6 nitrogen and oxygen atoms in total. The number of nitrogens with two attached hydrogens (primary N) is 1. The lowest BCUT2D eigenvalue weighted by Gasteiger charge is -2.24.